The number of alkyl halides is 1. The number of ether oxygens (including phenoxy) is 1. The van der Waals surface area contributed by atoms with Crippen LogP contribution in [0.4, 0.5) is 0 Å². The highest BCUT2D eigenvalue weighted by Gasteiger charge is 2.13. The lowest BCUT2D eigenvalue weighted by Gasteiger charge is -2.21. The zero-order valence-corrected chi connectivity index (χ0v) is 7.77. The molecule has 1 amide bonds. The van der Waals surface area contributed by atoms with Crippen LogP contribution in [-0.4, -0.2) is 31.5 Å². The first-order valence-corrected chi connectivity index (χ1v) is 4.77. The summed E-state index contributed by atoms with van der Waals surface area (Å²) in [6, 6.07) is 0. The fourth-order valence-electron chi connectivity index (χ4n) is 1.26. The number of halogens is 1. The summed E-state index contributed by atoms with van der Waals surface area (Å²) in [6.45, 7) is 2.39. The van der Waals surface area contributed by atoms with E-state index in [2.05, 4.69) is 5.32 Å². The average Bonchev–Trinajstić information content (AvgIpc) is 2.16. The number of carbonyl (C=O) groups is 1. The van der Waals surface area contributed by atoms with E-state index < -0.39 is 0 Å². The summed E-state index contributed by atoms with van der Waals surface area (Å²) in [4.78, 5) is 10.8. The number of amides is 1. The molecule has 1 N–H and O–H groups in total. The second-order valence-electron chi connectivity index (χ2n) is 2.99. The molecule has 12 heavy (non-hydrogen) atoms. The molecule has 0 radical (unpaired) electrons. The average molecular weight is 192 g/mol. The van der Waals surface area contributed by atoms with Crippen LogP contribution in [0.5, 0.6) is 0 Å². The highest BCUT2D eigenvalue weighted by Crippen LogP contribution is 2.12. The second-order valence-corrected chi connectivity index (χ2v) is 3.26. The number of hydrogen-bond acceptors (Lipinski definition) is 2. The Hall–Kier alpha value is -0.280. The van der Waals surface area contributed by atoms with Crippen LogP contribution in [0.1, 0.15) is 12.8 Å². The maximum absolute atomic E-state index is 10.8. The van der Waals surface area contributed by atoms with Gasteiger partial charge in [0.15, 0.2) is 0 Å². The molecule has 0 aromatic rings. The van der Waals surface area contributed by atoms with Crippen molar-refractivity contribution in [1.82, 2.24) is 5.32 Å². The first-order chi connectivity index (χ1) is 5.83. The summed E-state index contributed by atoms with van der Waals surface area (Å²) in [6.07, 6.45) is 2.09. The third-order valence-corrected chi connectivity index (χ3v) is 2.29. The molecule has 0 atom stereocenters. The van der Waals surface area contributed by atoms with Gasteiger partial charge in [0.25, 0.3) is 0 Å². The maximum Gasteiger partial charge on any atom is 0.234 e. The summed E-state index contributed by atoms with van der Waals surface area (Å²) in [5, 5.41) is 2.78. The number of nitrogens with one attached hydrogen (secondary N) is 1. The monoisotopic (exact) mass is 191 g/mol. The van der Waals surface area contributed by atoms with E-state index in [1.165, 1.54) is 0 Å². The molecule has 0 aromatic carbocycles. The SMILES string of the molecule is O=C(CCl)NCC1CCOCC1. The van der Waals surface area contributed by atoms with Crippen molar-refractivity contribution < 1.29 is 9.53 Å². The topological polar surface area (TPSA) is 38.3 Å². The zero-order valence-electron chi connectivity index (χ0n) is 7.01. The molecule has 1 heterocycles. The molecule has 1 fully saturated rings. The minimum atomic E-state index is -0.0804. The highest BCUT2D eigenvalue weighted by molar-refractivity contribution is 6.27. The van der Waals surface area contributed by atoms with Crippen LogP contribution in [0.2, 0.25) is 0 Å². The Morgan fingerprint density at radius 1 is 1.50 bits per heavy atom. The van der Waals surface area contributed by atoms with Crippen molar-refractivity contribution in [2.24, 2.45) is 5.92 Å². The Kier molecular flexibility index (Phi) is 4.40. The van der Waals surface area contributed by atoms with Crippen LogP contribution in [0.15, 0.2) is 0 Å². The minimum Gasteiger partial charge on any atom is -0.381 e. The molecule has 0 aromatic heterocycles. The van der Waals surface area contributed by atoms with Crippen molar-refractivity contribution in [1.29, 1.82) is 0 Å². The van der Waals surface area contributed by atoms with Crippen LogP contribution in [-0.2, 0) is 9.53 Å². The van der Waals surface area contributed by atoms with Crippen molar-refractivity contribution in [3.05, 3.63) is 0 Å². The smallest absolute Gasteiger partial charge is 0.234 e. The van der Waals surface area contributed by atoms with Crippen molar-refractivity contribution in [3.8, 4) is 0 Å². The summed E-state index contributed by atoms with van der Waals surface area (Å²) in [7, 11) is 0. The van der Waals surface area contributed by atoms with Gasteiger partial charge in [-0.1, -0.05) is 0 Å². The van der Waals surface area contributed by atoms with E-state index in [4.69, 9.17) is 16.3 Å². The second kappa shape index (κ2) is 5.38. The summed E-state index contributed by atoms with van der Waals surface area (Å²) >= 11 is 5.33. The van der Waals surface area contributed by atoms with E-state index in [-0.39, 0.29) is 11.8 Å². The third-order valence-electron chi connectivity index (χ3n) is 2.05. The standard InChI is InChI=1S/C8H14ClNO2/c9-5-8(11)10-6-7-1-3-12-4-2-7/h7H,1-6H2,(H,10,11). The van der Waals surface area contributed by atoms with E-state index in [0.717, 1.165) is 32.6 Å². The summed E-state index contributed by atoms with van der Waals surface area (Å²) < 4.78 is 5.19. The normalized spacial score (nSPS) is 19.1. The van der Waals surface area contributed by atoms with E-state index in [1.54, 1.807) is 0 Å². The quantitative estimate of drug-likeness (QED) is 0.670. The molecule has 1 rings (SSSR count). The zero-order chi connectivity index (χ0) is 8.81. The fraction of sp³-hybridized carbons (Fsp3) is 0.875. The molecule has 0 spiro atoms. The van der Waals surface area contributed by atoms with Crippen molar-refractivity contribution in [3.63, 3.8) is 0 Å². The van der Waals surface area contributed by atoms with Crippen molar-refractivity contribution in [2.45, 2.75) is 12.8 Å². The first-order valence-electron chi connectivity index (χ1n) is 4.23. The van der Waals surface area contributed by atoms with Gasteiger partial charge in [-0.25, -0.2) is 0 Å². The highest BCUT2D eigenvalue weighted by atomic mass is 35.5. The Bertz CT molecular complexity index is 146. The summed E-state index contributed by atoms with van der Waals surface area (Å²) in [5.74, 6) is 0.553. The molecule has 0 unspecified atom stereocenters. The lowest BCUT2D eigenvalue weighted by atomic mass is 10.0. The molecular formula is C8H14ClNO2. The van der Waals surface area contributed by atoms with Crippen LogP contribution in [0.25, 0.3) is 0 Å². The van der Waals surface area contributed by atoms with Crippen molar-refractivity contribution >= 4 is 17.5 Å². The molecule has 70 valence electrons. The van der Waals surface area contributed by atoms with Gasteiger partial charge in [0, 0.05) is 19.8 Å². The van der Waals surface area contributed by atoms with Crippen LogP contribution in [0, 0.1) is 5.92 Å². The Balaban J connectivity index is 2.09. The number of rotatable bonds is 3. The molecule has 0 aliphatic carbocycles. The van der Waals surface area contributed by atoms with E-state index in [1.807, 2.05) is 0 Å². The molecule has 3 nitrogen and oxygen atoms in total. The summed E-state index contributed by atoms with van der Waals surface area (Å²) in [5.41, 5.74) is 0. The molecule has 4 heteroatoms. The predicted octanol–water partition coefficient (Wildman–Crippen LogP) is 0.768. The molecule has 1 aliphatic rings. The Labute approximate surface area is 77.4 Å². The molecule has 1 saturated heterocycles. The molecule has 1 aliphatic heterocycles. The van der Waals surface area contributed by atoms with Gasteiger partial charge in [0.1, 0.15) is 5.88 Å². The van der Waals surface area contributed by atoms with Crippen LogP contribution in [0.3, 0.4) is 0 Å². The van der Waals surface area contributed by atoms with Crippen LogP contribution >= 0.6 is 11.6 Å². The predicted molar refractivity (Wildman–Crippen MR) is 47.3 cm³/mol. The molecule has 0 saturated carbocycles. The van der Waals surface area contributed by atoms with Gasteiger partial charge in [-0.2, -0.15) is 0 Å². The lowest BCUT2D eigenvalue weighted by molar-refractivity contribution is -0.119. The molecular weight excluding hydrogens is 178 g/mol. The van der Waals surface area contributed by atoms with Gasteiger partial charge >= 0.3 is 0 Å². The van der Waals surface area contributed by atoms with Gasteiger partial charge in [-0.05, 0) is 18.8 Å². The van der Waals surface area contributed by atoms with E-state index >= 15 is 0 Å². The third kappa shape index (κ3) is 3.41. The van der Waals surface area contributed by atoms with Gasteiger partial charge in [-0.3, -0.25) is 4.79 Å². The fourth-order valence-corrected chi connectivity index (χ4v) is 1.35. The van der Waals surface area contributed by atoms with Gasteiger partial charge in [0.05, 0.1) is 0 Å². The van der Waals surface area contributed by atoms with Gasteiger partial charge < -0.3 is 10.1 Å². The number of hydrogen-bond donors (Lipinski definition) is 1. The van der Waals surface area contributed by atoms with Crippen LogP contribution < -0.4 is 5.32 Å². The van der Waals surface area contributed by atoms with E-state index in [0.29, 0.717) is 5.92 Å². The molecule has 0 bridgehead atoms. The maximum atomic E-state index is 10.8. The largest absolute Gasteiger partial charge is 0.381 e. The van der Waals surface area contributed by atoms with Crippen molar-refractivity contribution in [2.75, 3.05) is 25.6 Å². The van der Waals surface area contributed by atoms with E-state index in [9.17, 15) is 4.79 Å². The Morgan fingerprint density at radius 2 is 2.17 bits per heavy atom. The Morgan fingerprint density at radius 3 is 2.75 bits per heavy atom. The number of carbonyl (C=O) groups excluding carboxylic acids is 1. The lowest BCUT2D eigenvalue weighted by Crippen LogP contribution is -2.32. The van der Waals surface area contributed by atoms with Gasteiger partial charge in [0.2, 0.25) is 5.91 Å². The first kappa shape index (κ1) is 9.81. The van der Waals surface area contributed by atoms with Gasteiger partial charge in [-0.15, -0.1) is 11.6 Å². The minimum absolute atomic E-state index is 0.0587.